The Kier molecular flexibility index (Phi) is 3.84. The van der Waals surface area contributed by atoms with E-state index in [0.29, 0.717) is 6.92 Å². The predicted molar refractivity (Wildman–Crippen MR) is 50.5 cm³/mol. The number of hydrogen-bond acceptors (Lipinski definition) is 0. The van der Waals surface area contributed by atoms with Crippen molar-refractivity contribution >= 4 is 0 Å². The van der Waals surface area contributed by atoms with Crippen molar-refractivity contribution in [3.05, 3.63) is 33.9 Å². The van der Waals surface area contributed by atoms with E-state index in [0.717, 1.165) is 6.92 Å². The van der Waals surface area contributed by atoms with Crippen molar-refractivity contribution in [1.82, 2.24) is 0 Å². The lowest BCUT2D eigenvalue weighted by Gasteiger charge is -2.20. The smallest absolute Gasteiger partial charge is 0.203 e. The van der Waals surface area contributed by atoms with E-state index in [1.54, 1.807) is 0 Å². The van der Waals surface area contributed by atoms with Crippen LogP contribution < -0.4 is 0 Å². The van der Waals surface area contributed by atoms with Crippen LogP contribution in [0.15, 0.2) is 0 Å². The SMILES string of the molecule is CCc1c(C)c(C(F)(F)F)c(F)c(F)c1C(F)(F)F. The van der Waals surface area contributed by atoms with Crippen LogP contribution in [-0.2, 0) is 18.8 Å². The molecule has 0 aliphatic rings. The van der Waals surface area contributed by atoms with E-state index in [1.165, 1.54) is 0 Å². The molecular formula is C11H8F8. The minimum atomic E-state index is -5.26. The fourth-order valence-electron chi connectivity index (χ4n) is 1.93. The molecule has 0 amide bonds. The minimum absolute atomic E-state index is 0.499. The molecule has 0 fully saturated rings. The van der Waals surface area contributed by atoms with Crippen LogP contribution in [0.5, 0.6) is 0 Å². The summed E-state index contributed by atoms with van der Waals surface area (Å²) in [5, 5.41) is 0. The molecule has 0 N–H and O–H groups in total. The third-order valence-electron chi connectivity index (χ3n) is 2.68. The molecule has 0 spiro atoms. The lowest BCUT2D eigenvalue weighted by molar-refractivity contribution is -0.146. The van der Waals surface area contributed by atoms with Crippen LogP contribution in [0.3, 0.4) is 0 Å². The van der Waals surface area contributed by atoms with Crippen molar-refractivity contribution in [2.24, 2.45) is 0 Å². The van der Waals surface area contributed by atoms with Crippen LogP contribution in [0.1, 0.15) is 29.2 Å². The first kappa shape index (κ1) is 15.7. The first-order valence-electron chi connectivity index (χ1n) is 5.07. The summed E-state index contributed by atoms with van der Waals surface area (Å²) >= 11 is 0. The molecule has 0 bridgehead atoms. The van der Waals surface area contributed by atoms with E-state index >= 15 is 0 Å². The topological polar surface area (TPSA) is 0 Å². The Morgan fingerprint density at radius 2 is 1.16 bits per heavy atom. The Labute approximate surface area is 103 Å². The summed E-state index contributed by atoms with van der Waals surface area (Å²) in [4.78, 5) is 0. The highest BCUT2D eigenvalue weighted by molar-refractivity contribution is 5.45. The molecule has 1 aromatic rings. The van der Waals surface area contributed by atoms with Gasteiger partial charge in [0.1, 0.15) is 0 Å². The largest absolute Gasteiger partial charge is 0.419 e. The van der Waals surface area contributed by atoms with Crippen LogP contribution in [0.25, 0.3) is 0 Å². The second-order valence-electron chi connectivity index (χ2n) is 3.83. The van der Waals surface area contributed by atoms with Gasteiger partial charge in [0, 0.05) is 0 Å². The number of benzene rings is 1. The maximum absolute atomic E-state index is 13.3. The molecule has 108 valence electrons. The molecule has 19 heavy (non-hydrogen) atoms. The summed E-state index contributed by atoms with van der Waals surface area (Å²) < 4.78 is 102. The van der Waals surface area contributed by atoms with Crippen molar-refractivity contribution in [1.29, 1.82) is 0 Å². The lowest BCUT2D eigenvalue weighted by Crippen LogP contribution is -2.21. The molecular weight excluding hydrogens is 284 g/mol. The van der Waals surface area contributed by atoms with Gasteiger partial charge in [0.25, 0.3) is 0 Å². The lowest BCUT2D eigenvalue weighted by atomic mass is 9.93. The zero-order chi connectivity index (χ0) is 15.2. The summed E-state index contributed by atoms with van der Waals surface area (Å²) in [6, 6.07) is 0. The van der Waals surface area contributed by atoms with Crippen molar-refractivity contribution in [3.8, 4) is 0 Å². The van der Waals surface area contributed by atoms with Gasteiger partial charge >= 0.3 is 12.4 Å². The van der Waals surface area contributed by atoms with Gasteiger partial charge in [0.2, 0.25) is 0 Å². The van der Waals surface area contributed by atoms with Crippen LogP contribution in [0, 0.1) is 18.6 Å². The van der Waals surface area contributed by atoms with Gasteiger partial charge in [0.05, 0.1) is 11.1 Å². The molecule has 0 radical (unpaired) electrons. The van der Waals surface area contributed by atoms with Gasteiger partial charge in [-0.15, -0.1) is 0 Å². The van der Waals surface area contributed by atoms with Crippen molar-refractivity contribution in [2.45, 2.75) is 32.6 Å². The van der Waals surface area contributed by atoms with Crippen molar-refractivity contribution in [3.63, 3.8) is 0 Å². The van der Waals surface area contributed by atoms with Gasteiger partial charge in [-0.2, -0.15) is 26.3 Å². The van der Waals surface area contributed by atoms with E-state index < -0.39 is 52.7 Å². The third-order valence-corrected chi connectivity index (χ3v) is 2.68. The Morgan fingerprint density at radius 1 is 0.789 bits per heavy atom. The van der Waals surface area contributed by atoms with Crippen LogP contribution >= 0.6 is 0 Å². The quantitative estimate of drug-likeness (QED) is 0.648. The van der Waals surface area contributed by atoms with Gasteiger partial charge in [-0.3, -0.25) is 0 Å². The van der Waals surface area contributed by atoms with Gasteiger partial charge in [-0.25, -0.2) is 8.78 Å². The van der Waals surface area contributed by atoms with E-state index in [1.807, 2.05) is 0 Å². The molecule has 1 aromatic carbocycles. The second-order valence-corrected chi connectivity index (χ2v) is 3.83. The molecule has 0 saturated carbocycles. The monoisotopic (exact) mass is 292 g/mol. The fraction of sp³-hybridized carbons (Fsp3) is 0.455. The van der Waals surface area contributed by atoms with Gasteiger partial charge in [-0.1, -0.05) is 6.92 Å². The van der Waals surface area contributed by atoms with Gasteiger partial charge < -0.3 is 0 Å². The van der Waals surface area contributed by atoms with Gasteiger partial charge in [0.15, 0.2) is 11.6 Å². The van der Waals surface area contributed by atoms with Crippen LogP contribution in [0.4, 0.5) is 35.1 Å². The molecule has 0 atom stereocenters. The second kappa shape index (κ2) is 4.64. The molecule has 0 unspecified atom stereocenters. The Bertz CT molecular complexity index is 495. The Morgan fingerprint density at radius 3 is 1.47 bits per heavy atom. The van der Waals surface area contributed by atoms with Crippen LogP contribution in [0.2, 0.25) is 0 Å². The van der Waals surface area contributed by atoms with E-state index in [9.17, 15) is 35.1 Å². The zero-order valence-corrected chi connectivity index (χ0v) is 9.73. The number of alkyl halides is 6. The standard InChI is InChI=1S/C11H8F8/c1-3-5-4(2)6(10(14,15)16)8(12)9(13)7(5)11(17,18)19/h3H2,1-2H3. The molecule has 0 nitrogen and oxygen atoms in total. The average molecular weight is 292 g/mol. The van der Waals surface area contributed by atoms with E-state index in [-0.39, 0.29) is 0 Å². The highest BCUT2D eigenvalue weighted by Gasteiger charge is 2.45. The third kappa shape index (κ3) is 2.66. The van der Waals surface area contributed by atoms with E-state index in [2.05, 4.69) is 0 Å². The summed E-state index contributed by atoms with van der Waals surface area (Å²) in [6.07, 6.45) is -11.0. The Hall–Kier alpha value is -1.34. The highest BCUT2D eigenvalue weighted by Crippen LogP contribution is 2.42. The summed E-state index contributed by atoms with van der Waals surface area (Å²) in [7, 11) is 0. The summed E-state index contributed by atoms with van der Waals surface area (Å²) in [5.74, 6) is -5.03. The van der Waals surface area contributed by atoms with Crippen LogP contribution in [-0.4, -0.2) is 0 Å². The number of halogens is 8. The summed E-state index contributed by atoms with van der Waals surface area (Å²) in [6.45, 7) is 1.83. The molecule has 0 aliphatic carbocycles. The number of rotatable bonds is 1. The van der Waals surface area contributed by atoms with Crippen molar-refractivity contribution < 1.29 is 35.1 Å². The Balaban J connectivity index is 3.85. The van der Waals surface area contributed by atoms with Gasteiger partial charge in [-0.05, 0) is 24.5 Å². The predicted octanol–water partition coefficient (Wildman–Crippen LogP) is 4.87. The summed E-state index contributed by atoms with van der Waals surface area (Å²) in [5.41, 5.74) is -5.80. The van der Waals surface area contributed by atoms with Crippen molar-refractivity contribution in [2.75, 3.05) is 0 Å². The molecule has 0 heterocycles. The first-order chi connectivity index (χ1) is 8.42. The zero-order valence-electron chi connectivity index (χ0n) is 9.73. The molecule has 0 aromatic heterocycles. The minimum Gasteiger partial charge on any atom is -0.203 e. The molecule has 8 heteroatoms. The molecule has 0 aliphatic heterocycles. The fourth-order valence-corrected chi connectivity index (χ4v) is 1.93. The normalized spacial score (nSPS) is 12.9. The number of hydrogen-bond donors (Lipinski definition) is 0. The average Bonchev–Trinajstić information content (AvgIpc) is 2.19. The maximum atomic E-state index is 13.3. The molecule has 0 saturated heterocycles. The first-order valence-corrected chi connectivity index (χ1v) is 5.07. The maximum Gasteiger partial charge on any atom is 0.419 e. The highest BCUT2D eigenvalue weighted by atomic mass is 19.4. The van der Waals surface area contributed by atoms with E-state index in [4.69, 9.17) is 0 Å². The molecule has 1 rings (SSSR count).